The van der Waals surface area contributed by atoms with E-state index in [0.29, 0.717) is 6.04 Å². The lowest BCUT2D eigenvalue weighted by Crippen LogP contribution is -2.46. The van der Waals surface area contributed by atoms with E-state index >= 15 is 0 Å². The zero-order chi connectivity index (χ0) is 11.4. The summed E-state index contributed by atoms with van der Waals surface area (Å²) in [5.74, 6) is 0. The fourth-order valence-electron chi connectivity index (χ4n) is 1.50. The van der Waals surface area contributed by atoms with Gasteiger partial charge in [-0.15, -0.1) is 0 Å². The lowest BCUT2D eigenvalue weighted by atomic mass is 9.85. The lowest BCUT2D eigenvalue weighted by molar-refractivity contribution is 0.125. The fourth-order valence-corrected chi connectivity index (χ4v) is 1.50. The molecule has 0 saturated heterocycles. The van der Waals surface area contributed by atoms with Crippen LogP contribution >= 0.6 is 0 Å². The molecule has 2 atom stereocenters. The Hall–Kier alpha value is -0.0800. The summed E-state index contributed by atoms with van der Waals surface area (Å²) in [7, 11) is 0. The zero-order valence-corrected chi connectivity index (χ0v) is 10.8. The molecule has 2 unspecified atom stereocenters. The summed E-state index contributed by atoms with van der Waals surface area (Å²) in [4.78, 5) is 2.52. The van der Waals surface area contributed by atoms with Crippen molar-refractivity contribution in [3.05, 3.63) is 0 Å². The van der Waals surface area contributed by atoms with Gasteiger partial charge in [0.15, 0.2) is 0 Å². The summed E-state index contributed by atoms with van der Waals surface area (Å²) in [6, 6.07) is 0.915. The molecular weight excluding hydrogens is 172 g/mol. The molecule has 14 heavy (non-hydrogen) atoms. The Morgan fingerprint density at radius 2 is 1.71 bits per heavy atom. The third-order valence-corrected chi connectivity index (χ3v) is 3.46. The van der Waals surface area contributed by atoms with Crippen molar-refractivity contribution in [2.45, 2.75) is 60.0 Å². The summed E-state index contributed by atoms with van der Waals surface area (Å²) < 4.78 is 0. The van der Waals surface area contributed by atoms with Crippen molar-refractivity contribution in [1.82, 2.24) is 4.90 Å². The van der Waals surface area contributed by atoms with E-state index in [9.17, 15) is 0 Å². The molecule has 0 amide bonds. The van der Waals surface area contributed by atoms with E-state index in [2.05, 4.69) is 46.4 Å². The molecule has 0 rings (SSSR count). The van der Waals surface area contributed by atoms with Crippen LogP contribution in [0.25, 0.3) is 0 Å². The molecule has 86 valence electrons. The van der Waals surface area contributed by atoms with E-state index in [-0.39, 0.29) is 11.5 Å². The molecule has 0 aliphatic heterocycles. The SMILES string of the molecule is CCC(C)N(CC)CC(C)(C)C(C)N. The minimum Gasteiger partial charge on any atom is -0.327 e. The van der Waals surface area contributed by atoms with E-state index in [1.807, 2.05) is 0 Å². The van der Waals surface area contributed by atoms with Gasteiger partial charge in [-0.2, -0.15) is 0 Å². The Balaban J connectivity index is 4.30. The third kappa shape index (κ3) is 3.97. The summed E-state index contributed by atoms with van der Waals surface area (Å²) in [6.45, 7) is 15.6. The van der Waals surface area contributed by atoms with Crippen molar-refractivity contribution >= 4 is 0 Å². The molecule has 0 aromatic rings. The topological polar surface area (TPSA) is 29.3 Å². The Morgan fingerprint density at radius 3 is 2.00 bits per heavy atom. The average molecular weight is 200 g/mol. The van der Waals surface area contributed by atoms with Crippen LogP contribution in [0.4, 0.5) is 0 Å². The molecule has 0 aliphatic rings. The predicted octanol–water partition coefficient (Wildman–Crippen LogP) is 2.48. The van der Waals surface area contributed by atoms with E-state index < -0.39 is 0 Å². The first-order chi connectivity index (χ1) is 6.35. The highest BCUT2D eigenvalue weighted by Crippen LogP contribution is 2.22. The molecule has 0 aromatic carbocycles. The summed E-state index contributed by atoms with van der Waals surface area (Å²) in [5.41, 5.74) is 6.20. The minimum absolute atomic E-state index is 0.208. The van der Waals surface area contributed by atoms with Crippen LogP contribution in [-0.4, -0.2) is 30.1 Å². The second-order valence-electron chi connectivity index (χ2n) is 5.10. The van der Waals surface area contributed by atoms with Crippen LogP contribution in [0.5, 0.6) is 0 Å². The molecule has 0 fully saturated rings. The number of rotatable bonds is 6. The Labute approximate surface area is 89.9 Å². The van der Waals surface area contributed by atoms with Crippen molar-refractivity contribution in [2.24, 2.45) is 11.1 Å². The predicted molar refractivity (Wildman–Crippen MR) is 64.4 cm³/mol. The van der Waals surface area contributed by atoms with Gasteiger partial charge < -0.3 is 10.6 Å². The quantitative estimate of drug-likeness (QED) is 0.714. The normalized spacial score (nSPS) is 17.1. The Morgan fingerprint density at radius 1 is 1.21 bits per heavy atom. The first kappa shape index (κ1) is 13.9. The highest BCUT2D eigenvalue weighted by Gasteiger charge is 2.26. The Kier molecular flexibility index (Phi) is 5.68. The molecule has 0 bridgehead atoms. The van der Waals surface area contributed by atoms with E-state index in [1.165, 1.54) is 6.42 Å². The van der Waals surface area contributed by atoms with Gasteiger partial charge in [-0.3, -0.25) is 0 Å². The van der Waals surface area contributed by atoms with Gasteiger partial charge in [0.05, 0.1) is 0 Å². The summed E-state index contributed by atoms with van der Waals surface area (Å²) in [5, 5.41) is 0. The molecule has 2 heteroatoms. The second-order valence-corrected chi connectivity index (χ2v) is 5.10. The molecule has 0 aromatic heterocycles. The molecule has 0 spiro atoms. The van der Waals surface area contributed by atoms with Gasteiger partial charge in [0.1, 0.15) is 0 Å². The van der Waals surface area contributed by atoms with Gasteiger partial charge in [0.25, 0.3) is 0 Å². The van der Waals surface area contributed by atoms with Crippen LogP contribution in [0.2, 0.25) is 0 Å². The number of nitrogens with two attached hydrogens (primary N) is 1. The molecule has 0 heterocycles. The largest absolute Gasteiger partial charge is 0.327 e. The molecule has 2 N–H and O–H groups in total. The monoisotopic (exact) mass is 200 g/mol. The van der Waals surface area contributed by atoms with Gasteiger partial charge in [-0.1, -0.05) is 27.7 Å². The minimum atomic E-state index is 0.208. The lowest BCUT2D eigenvalue weighted by Gasteiger charge is -2.37. The first-order valence-electron chi connectivity index (χ1n) is 5.84. The highest BCUT2D eigenvalue weighted by molar-refractivity contribution is 4.82. The third-order valence-electron chi connectivity index (χ3n) is 3.46. The van der Waals surface area contributed by atoms with E-state index in [4.69, 9.17) is 5.73 Å². The van der Waals surface area contributed by atoms with E-state index in [1.54, 1.807) is 0 Å². The maximum absolute atomic E-state index is 5.99. The van der Waals surface area contributed by atoms with Gasteiger partial charge in [-0.05, 0) is 32.2 Å². The average Bonchev–Trinajstić information content (AvgIpc) is 2.12. The maximum Gasteiger partial charge on any atom is 0.00739 e. The molecule has 0 aliphatic carbocycles. The van der Waals surface area contributed by atoms with Crippen LogP contribution in [0.15, 0.2) is 0 Å². The van der Waals surface area contributed by atoms with Crippen LogP contribution in [0.3, 0.4) is 0 Å². The summed E-state index contributed by atoms with van der Waals surface area (Å²) in [6.07, 6.45) is 1.21. The molecular formula is C12H28N2. The smallest absolute Gasteiger partial charge is 0.00739 e. The van der Waals surface area contributed by atoms with E-state index in [0.717, 1.165) is 13.1 Å². The van der Waals surface area contributed by atoms with Gasteiger partial charge in [-0.25, -0.2) is 0 Å². The highest BCUT2D eigenvalue weighted by atomic mass is 15.2. The molecule has 0 radical (unpaired) electrons. The second kappa shape index (κ2) is 5.72. The first-order valence-corrected chi connectivity index (χ1v) is 5.84. The van der Waals surface area contributed by atoms with Crippen molar-refractivity contribution in [2.75, 3.05) is 13.1 Å². The zero-order valence-electron chi connectivity index (χ0n) is 10.8. The standard InChI is InChI=1S/C12H28N2/c1-7-10(3)14(8-2)9-12(5,6)11(4)13/h10-11H,7-9,13H2,1-6H3. The van der Waals surface area contributed by atoms with Crippen LogP contribution in [0.1, 0.15) is 48.0 Å². The van der Waals surface area contributed by atoms with Crippen molar-refractivity contribution in [3.63, 3.8) is 0 Å². The molecule has 0 saturated carbocycles. The maximum atomic E-state index is 5.99. The van der Waals surface area contributed by atoms with Gasteiger partial charge in [0.2, 0.25) is 0 Å². The Bertz CT molecular complexity index is 152. The van der Waals surface area contributed by atoms with Crippen molar-refractivity contribution < 1.29 is 0 Å². The number of hydrogen-bond donors (Lipinski definition) is 1. The van der Waals surface area contributed by atoms with Crippen LogP contribution in [0, 0.1) is 5.41 Å². The van der Waals surface area contributed by atoms with Gasteiger partial charge >= 0.3 is 0 Å². The molecule has 2 nitrogen and oxygen atoms in total. The van der Waals surface area contributed by atoms with Crippen LogP contribution in [-0.2, 0) is 0 Å². The van der Waals surface area contributed by atoms with Crippen LogP contribution < -0.4 is 5.73 Å². The van der Waals surface area contributed by atoms with Gasteiger partial charge in [0, 0.05) is 18.6 Å². The number of nitrogens with zero attached hydrogens (tertiary/aromatic N) is 1. The number of hydrogen-bond acceptors (Lipinski definition) is 2. The van der Waals surface area contributed by atoms with Crippen molar-refractivity contribution in [1.29, 1.82) is 0 Å². The van der Waals surface area contributed by atoms with Crippen molar-refractivity contribution in [3.8, 4) is 0 Å². The fraction of sp³-hybridized carbons (Fsp3) is 1.00. The summed E-state index contributed by atoms with van der Waals surface area (Å²) >= 11 is 0.